The van der Waals surface area contributed by atoms with E-state index in [1.807, 2.05) is 6.92 Å². The van der Waals surface area contributed by atoms with Crippen molar-refractivity contribution in [2.45, 2.75) is 12.5 Å². The van der Waals surface area contributed by atoms with Crippen molar-refractivity contribution in [1.29, 1.82) is 0 Å². The van der Waals surface area contributed by atoms with Crippen LogP contribution in [0.5, 0.6) is 0 Å². The number of hydrogen-bond donors (Lipinski definition) is 2. The Morgan fingerprint density at radius 2 is 2.25 bits per heavy atom. The molecule has 8 heavy (non-hydrogen) atoms. The molecule has 0 aromatic rings. The topological polar surface area (TPSA) is 32.3 Å². The van der Waals surface area contributed by atoms with Crippen LogP contribution in [0.15, 0.2) is 12.2 Å². The highest BCUT2D eigenvalue weighted by Crippen LogP contribution is 2.18. The van der Waals surface area contributed by atoms with Gasteiger partial charge < -0.3 is 10.4 Å². The summed E-state index contributed by atoms with van der Waals surface area (Å²) >= 11 is 0. The fourth-order valence-electron chi connectivity index (χ4n) is 0.664. The summed E-state index contributed by atoms with van der Waals surface area (Å²) in [7, 11) is 0. The molecule has 46 valence electrons. The molecular weight excluding hydrogens is 102 g/mol. The van der Waals surface area contributed by atoms with E-state index >= 15 is 0 Å². The minimum Gasteiger partial charge on any atom is -0.383 e. The lowest BCUT2D eigenvalue weighted by Crippen LogP contribution is -2.59. The molecule has 1 heterocycles. The van der Waals surface area contributed by atoms with Gasteiger partial charge in [-0.25, -0.2) is 0 Å². The van der Waals surface area contributed by atoms with Gasteiger partial charge in [0.1, 0.15) is 5.60 Å². The predicted octanol–water partition coefficient (Wildman–Crippen LogP) is -0.103. The first-order chi connectivity index (χ1) is 3.65. The monoisotopic (exact) mass is 113 g/mol. The second-order valence-corrected chi connectivity index (χ2v) is 2.42. The van der Waals surface area contributed by atoms with Gasteiger partial charge in [-0.2, -0.15) is 0 Å². The first-order valence-corrected chi connectivity index (χ1v) is 2.74. The maximum Gasteiger partial charge on any atom is 0.110 e. The molecule has 1 fully saturated rings. The third-order valence-electron chi connectivity index (χ3n) is 1.63. The molecule has 0 amide bonds. The Morgan fingerprint density at radius 3 is 2.25 bits per heavy atom. The van der Waals surface area contributed by atoms with E-state index in [0.717, 1.165) is 5.57 Å². The Labute approximate surface area is 49.2 Å². The van der Waals surface area contributed by atoms with Crippen LogP contribution in [0.1, 0.15) is 6.92 Å². The predicted molar refractivity (Wildman–Crippen MR) is 32.6 cm³/mol. The van der Waals surface area contributed by atoms with Crippen molar-refractivity contribution >= 4 is 0 Å². The molecule has 1 rings (SSSR count). The highest BCUT2D eigenvalue weighted by Gasteiger charge is 2.34. The molecule has 2 nitrogen and oxygen atoms in total. The Hall–Kier alpha value is -0.340. The molecule has 1 saturated heterocycles. The number of aliphatic hydroxyl groups is 1. The molecule has 0 atom stereocenters. The SMILES string of the molecule is C=C(C)C1(O)CNC1. The summed E-state index contributed by atoms with van der Waals surface area (Å²) in [5.41, 5.74) is 0.274. The molecule has 1 aliphatic rings. The molecule has 0 aromatic heterocycles. The van der Waals surface area contributed by atoms with Crippen LogP contribution in [0.3, 0.4) is 0 Å². The standard InChI is InChI=1S/C6H11NO/c1-5(2)6(8)3-7-4-6/h7-8H,1,3-4H2,2H3. The van der Waals surface area contributed by atoms with Gasteiger partial charge in [0.15, 0.2) is 0 Å². The molecule has 2 N–H and O–H groups in total. The van der Waals surface area contributed by atoms with E-state index in [4.69, 9.17) is 0 Å². The van der Waals surface area contributed by atoms with Crippen LogP contribution in [0, 0.1) is 0 Å². The van der Waals surface area contributed by atoms with Crippen LogP contribution in [0.2, 0.25) is 0 Å². The van der Waals surface area contributed by atoms with Crippen LogP contribution in [0.4, 0.5) is 0 Å². The van der Waals surface area contributed by atoms with Gasteiger partial charge in [-0.15, -0.1) is 0 Å². The third kappa shape index (κ3) is 0.659. The van der Waals surface area contributed by atoms with E-state index < -0.39 is 5.60 Å². The van der Waals surface area contributed by atoms with E-state index in [-0.39, 0.29) is 0 Å². The minimum atomic E-state index is -0.583. The molecule has 0 aliphatic carbocycles. The van der Waals surface area contributed by atoms with Gasteiger partial charge in [-0.05, 0) is 12.5 Å². The smallest absolute Gasteiger partial charge is 0.110 e. The number of rotatable bonds is 1. The zero-order valence-electron chi connectivity index (χ0n) is 5.07. The molecule has 1 aliphatic heterocycles. The number of hydrogen-bond acceptors (Lipinski definition) is 2. The van der Waals surface area contributed by atoms with Gasteiger partial charge in [0.2, 0.25) is 0 Å². The second kappa shape index (κ2) is 1.57. The summed E-state index contributed by atoms with van der Waals surface area (Å²) in [5.74, 6) is 0. The quantitative estimate of drug-likeness (QED) is 0.465. The minimum absolute atomic E-state index is 0.583. The van der Waals surface area contributed by atoms with Crippen LogP contribution in [-0.2, 0) is 0 Å². The van der Waals surface area contributed by atoms with Crippen molar-refractivity contribution < 1.29 is 5.11 Å². The maximum atomic E-state index is 9.33. The Kier molecular flexibility index (Phi) is 1.14. The molecule has 0 saturated carbocycles. The van der Waals surface area contributed by atoms with E-state index in [2.05, 4.69) is 11.9 Å². The second-order valence-electron chi connectivity index (χ2n) is 2.42. The van der Waals surface area contributed by atoms with Gasteiger partial charge in [0, 0.05) is 13.1 Å². The molecule has 0 unspecified atom stereocenters. The Morgan fingerprint density at radius 1 is 1.75 bits per heavy atom. The maximum absolute atomic E-state index is 9.33. The fourth-order valence-corrected chi connectivity index (χ4v) is 0.664. The Bertz CT molecular complexity index is 116. The van der Waals surface area contributed by atoms with Crippen molar-refractivity contribution in [3.05, 3.63) is 12.2 Å². The first-order valence-electron chi connectivity index (χ1n) is 2.74. The summed E-state index contributed by atoms with van der Waals surface area (Å²) in [6.45, 7) is 6.84. The van der Waals surface area contributed by atoms with Gasteiger partial charge in [0.25, 0.3) is 0 Å². The largest absolute Gasteiger partial charge is 0.383 e. The van der Waals surface area contributed by atoms with Crippen molar-refractivity contribution in [1.82, 2.24) is 5.32 Å². The van der Waals surface area contributed by atoms with E-state index in [9.17, 15) is 5.11 Å². The lowest BCUT2D eigenvalue weighted by molar-refractivity contribution is 0.0264. The van der Waals surface area contributed by atoms with Gasteiger partial charge in [0.05, 0.1) is 0 Å². The van der Waals surface area contributed by atoms with Crippen LogP contribution in [0.25, 0.3) is 0 Å². The lowest BCUT2D eigenvalue weighted by atomic mass is 9.90. The van der Waals surface area contributed by atoms with E-state index in [0.29, 0.717) is 13.1 Å². The van der Waals surface area contributed by atoms with Crippen molar-refractivity contribution in [2.75, 3.05) is 13.1 Å². The first kappa shape index (κ1) is 5.79. The molecule has 0 bridgehead atoms. The summed E-state index contributed by atoms with van der Waals surface area (Å²) < 4.78 is 0. The highest BCUT2D eigenvalue weighted by atomic mass is 16.3. The Balaban J connectivity index is 2.53. The average Bonchev–Trinajstić information content (AvgIpc) is 1.60. The van der Waals surface area contributed by atoms with Gasteiger partial charge >= 0.3 is 0 Å². The van der Waals surface area contributed by atoms with Gasteiger partial charge in [-0.1, -0.05) is 6.58 Å². The van der Waals surface area contributed by atoms with E-state index in [1.165, 1.54) is 0 Å². The highest BCUT2D eigenvalue weighted by molar-refractivity contribution is 5.16. The molecule has 2 heteroatoms. The van der Waals surface area contributed by atoms with Crippen molar-refractivity contribution in [2.24, 2.45) is 0 Å². The zero-order chi connectivity index (χ0) is 6.20. The van der Waals surface area contributed by atoms with Crippen LogP contribution >= 0.6 is 0 Å². The average molecular weight is 113 g/mol. The van der Waals surface area contributed by atoms with E-state index in [1.54, 1.807) is 0 Å². The molecular formula is C6H11NO. The zero-order valence-corrected chi connectivity index (χ0v) is 5.07. The van der Waals surface area contributed by atoms with Crippen LogP contribution in [-0.4, -0.2) is 23.8 Å². The normalized spacial score (nSPS) is 24.2. The lowest BCUT2D eigenvalue weighted by Gasteiger charge is -2.38. The van der Waals surface area contributed by atoms with Crippen molar-refractivity contribution in [3.8, 4) is 0 Å². The molecule has 0 spiro atoms. The van der Waals surface area contributed by atoms with Crippen molar-refractivity contribution in [3.63, 3.8) is 0 Å². The number of β-amino-alcohol motifs (C(OH)–C–C–N with tert-alkyl or cyclic N) is 1. The molecule has 0 radical (unpaired) electrons. The summed E-state index contributed by atoms with van der Waals surface area (Å²) in [6, 6.07) is 0. The summed E-state index contributed by atoms with van der Waals surface area (Å²) in [4.78, 5) is 0. The third-order valence-corrected chi connectivity index (χ3v) is 1.63. The van der Waals surface area contributed by atoms with Crippen LogP contribution < -0.4 is 5.32 Å². The summed E-state index contributed by atoms with van der Waals surface area (Å²) in [6.07, 6.45) is 0. The van der Waals surface area contributed by atoms with Gasteiger partial charge in [-0.3, -0.25) is 0 Å². The fraction of sp³-hybridized carbons (Fsp3) is 0.667. The summed E-state index contributed by atoms with van der Waals surface area (Å²) in [5, 5.41) is 12.3. The number of nitrogens with one attached hydrogen (secondary N) is 1. The molecule has 0 aromatic carbocycles.